The first kappa shape index (κ1) is 17.1. The number of aliphatic carboxylic acids is 1. The molecule has 0 saturated carbocycles. The summed E-state index contributed by atoms with van der Waals surface area (Å²) < 4.78 is 9.96. The lowest BCUT2D eigenvalue weighted by Crippen LogP contribution is -2.32. The van der Waals surface area contributed by atoms with Crippen LogP contribution in [0.3, 0.4) is 0 Å². The van der Waals surface area contributed by atoms with E-state index in [1.807, 2.05) is 30.3 Å². The molecule has 1 atom stereocenters. The number of carboxylic acid groups (broad SMARTS) is 1. The van der Waals surface area contributed by atoms with Crippen LogP contribution in [0.25, 0.3) is 0 Å². The summed E-state index contributed by atoms with van der Waals surface area (Å²) in [5, 5.41) is 11.6. The van der Waals surface area contributed by atoms with Crippen molar-refractivity contribution >= 4 is 11.9 Å². The van der Waals surface area contributed by atoms with Crippen LogP contribution in [-0.2, 0) is 19.1 Å². The number of methoxy groups -OCH3 is 1. The zero-order valence-corrected chi connectivity index (χ0v) is 12.1. The fraction of sp³-hybridized carbons (Fsp3) is 0.467. The third-order valence-corrected chi connectivity index (χ3v) is 2.85. The van der Waals surface area contributed by atoms with Gasteiger partial charge < -0.3 is 19.9 Å². The highest BCUT2D eigenvalue weighted by atomic mass is 16.5. The lowest BCUT2D eigenvalue weighted by atomic mass is 10.0. The zero-order chi connectivity index (χ0) is 15.5. The highest BCUT2D eigenvalue weighted by Gasteiger charge is 2.15. The Morgan fingerprint density at radius 3 is 2.57 bits per heavy atom. The molecule has 6 nitrogen and oxygen atoms in total. The number of rotatable bonds is 10. The molecule has 0 aromatic heterocycles. The molecule has 0 aliphatic heterocycles. The monoisotopic (exact) mass is 295 g/mol. The van der Waals surface area contributed by atoms with E-state index in [1.54, 1.807) is 7.11 Å². The number of hydrogen-bond acceptors (Lipinski definition) is 4. The van der Waals surface area contributed by atoms with Crippen molar-refractivity contribution in [2.45, 2.75) is 18.9 Å². The molecule has 0 spiro atoms. The number of ether oxygens (including phenoxy) is 2. The molecule has 1 aromatic carbocycles. The average Bonchev–Trinajstić information content (AvgIpc) is 2.48. The van der Waals surface area contributed by atoms with E-state index in [0.717, 1.165) is 5.56 Å². The number of nitrogens with one attached hydrogen (secondary N) is 1. The Labute approximate surface area is 124 Å². The smallest absolute Gasteiger partial charge is 0.303 e. The number of hydrogen-bond donors (Lipinski definition) is 2. The van der Waals surface area contributed by atoms with E-state index in [-0.39, 0.29) is 25.0 Å². The van der Waals surface area contributed by atoms with Gasteiger partial charge in [0.1, 0.15) is 6.61 Å². The van der Waals surface area contributed by atoms with Crippen LogP contribution in [-0.4, -0.2) is 43.9 Å². The van der Waals surface area contributed by atoms with Crippen LogP contribution < -0.4 is 5.32 Å². The zero-order valence-electron chi connectivity index (χ0n) is 12.1. The second-order valence-electron chi connectivity index (χ2n) is 4.51. The maximum absolute atomic E-state index is 11.8. The van der Waals surface area contributed by atoms with E-state index in [4.69, 9.17) is 14.6 Å². The molecule has 0 aliphatic rings. The minimum absolute atomic E-state index is 0.00955. The summed E-state index contributed by atoms with van der Waals surface area (Å²) in [6.45, 7) is 0.698. The maximum atomic E-state index is 11.8. The van der Waals surface area contributed by atoms with Crippen molar-refractivity contribution in [2.24, 2.45) is 0 Å². The van der Waals surface area contributed by atoms with Gasteiger partial charge in [-0.3, -0.25) is 9.59 Å². The fourth-order valence-corrected chi connectivity index (χ4v) is 1.82. The second kappa shape index (κ2) is 9.90. The van der Waals surface area contributed by atoms with Crippen LogP contribution in [0.5, 0.6) is 0 Å². The predicted molar refractivity (Wildman–Crippen MR) is 76.9 cm³/mol. The van der Waals surface area contributed by atoms with Gasteiger partial charge in [-0.1, -0.05) is 30.3 Å². The third-order valence-electron chi connectivity index (χ3n) is 2.85. The first-order valence-electron chi connectivity index (χ1n) is 6.76. The molecule has 0 heterocycles. The average molecular weight is 295 g/mol. The van der Waals surface area contributed by atoms with E-state index < -0.39 is 5.97 Å². The molecule has 0 fully saturated rings. The quantitative estimate of drug-likeness (QED) is 0.637. The standard InChI is InChI=1S/C15H21NO5/c1-20-9-10-21-11-14(17)16-13(7-8-15(18)19)12-5-3-2-4-6-12/h2-6,13H,7-11H2,1H3,(H,16,17)(H,18,19). The minimum atomic E-state index is -0.887. The van der Waals surface area contributed by atoms with Crippen LogP contribution in [0.2, 0.25) is 0 Å². The van der Waals surface area contributed by atoms with Gasteiger partial charge in [0.05, 0.1) is 19.3 Å². The van der Waals surface area contributed by atoms with Gasteiger partial charge in [-0.2, -0.15) is 0 Å². The van der Waals surface area contributed by atoms with Gasteiger partial charge in [-0.05, 0) is 12.0 Å². The number of benzene rings is 1. The van der Waals surface area contributed by atoms with Gasteiger partial charge in [-0.25, -0.2) is 0 Å². The second-order valence-corrected chi connectivity index (χ2v) is 4.51. The van der Waals surface area contributed by atoms with Gasteiger partial charge >= 0.3 is 5.97 Å². The van der Waals surface area contributed by atoms with Crippen LogP contribution in [0.15, 0.2) is 30.3 Å². The normalized spacial score (nSPS) is 11.9. The SMILES string of the molecule is COCCOCC(=O)NC(CCC(=O)O)c1ccccc1. The van der Waals surface area contributed by atoms with E-state index in [9.17, 15) is 9.59 Å². The van der Waals surface area contributed by atoms with Gasteiger partial charge in [0, 0.05) is 13.5 Å². The molecular weight excluding hydrogens is 274 g/mol. The Bertz CT molecular complexity index is 435. The molecule has 0 saturated heterocycles. The Hall–Kier alpha value is -1.92. The molecule has 0 bridgehead atoms. The summed E-state index contributed by atoms with van der Waals surface area (Å²) in [7, 11) is 1.56. The Balaban J connectivity index is 2.52. The third kappa shape index (κ3) is 7.43. The van der Waals surface area contributed by atoms with Crippen molar-refractivity contribution in [3.8, 4) is 0 Å². The number of amides is 1. The highest BCUT2D eigenvalue weighted by Crippen LogP contribution is 2.18. The topological polar surface area (TPSA) is 84.9 Å². The largest absolute Gasteiger partial charge is 0.481 e. The summed E-state index contributed by atoms with van der Waals surface area (Å²) in [5.41, 5.74) is 0.879. The summed E-state index contributed by atoms with van der Waals surface area (Å²) >= 11 is 0. The van der Waals surface area contributed by atoms with Crippen molar-refractivity contribution in [2.75, 3.05) is 26.9 Å². The van der Waals surface area contributed by atoms with E-state index in [1.165, 1.54) is 0 Å². The molecule has 6 heteroatoms. The molecule has 2 N–H and O–H groups in total. The molecule has 0 aliphatic carbocycles. The number of carbonyl (C=O) groups excluding carboxylic acids is 1. The molecule has 1 unspecified atom stereocenters. The number of carboxylic acids is 1. The van der Waals surface area contributed by atoms with Crippen molar-refractivity contribution in [1.29, 1.82) is 0 Å². The minimum Gasteiger partial charge on any atom is -0.481 e. The molecule has 116 valence electrons. The van der Waals surface area contributed by atoms with E-state index in [2.05, 4.69) is 5.32 Å². The van der Waals surface area contributed by atoms with Crippen molar-refractivity contribution < 1.29 is 24.2 Å². The summed E-state index contributed by atoms with van der Waals surface area (Å²) in [6.07, 6.45) is 0.327. The van der Waals surface area contributed by atoms with E-state index >= 15 is 0 Å². The summed E-state index contributed by atoms with van der Waals surface area (Å²) in [5.74, 6) is -1.16. The summed E-state index contributed by atoms with van der Waals surface area (Å²) in [6, 6.07) is 8.96. The van der Waals surface area contributed by atoms with Crippen LogP contribution >= 0.6 is 0 Å². The van der Waals surface area contributed by atoms with Crippen molar-refractivity contribution in [3.63, 3.8) is 0 Å². The molecule has 1 aromatic rings. The fourth-order valence-electron chi connectivity index (χ4n) is 1.82. The van der Waals surface area contributed by atoms with Crippen LogP contribution in [0.1, 0.15) is 24.4 Å². The Morgan fingerprint density at radius 2 is 1.95 bits per heavy atom. The van der Waals surface area contributed by atoms with Gasteiger partial charge in [0.2, 0.25) is 5.91 Å². The van der Waals surface area contributed by atoms with E-state index in [0.29, 0.717) is 19.6 Å². The Morgan fingerprint density at radius 1 is 1.24 bits per heavy atom. The Kier molecular flexibility index (Phi) is 8.08. The molecule has 21 heavy (non-hydrogen) atoms. The molecule has 1 amide bonds. The van der Waals surface area contributed by atoms with Crippen molar-refractivity contribution in [3.05, 3.63) is 35.9 Å². The van der Waals surface area contributed by atoms with Gasteiger partial charge in [-0.15, -0.1) is 0 Å². The van der Waals surface area contributed by atoms with Gasteiger partial charge in [0.15, 0.2) is 0 Å². The van der Waals surface area contributed by atoms with Gasteiger partial charge in [0.25, 0.3) is 0 Å². The van der Waals surface area contributed by atoms with Crippen molar-refractivity contribution in [1.82, 2.24) is 5.32 Å². The molecule has 0 radical (unpaired) electrons. The lowest BCUT2D eigenvalue weighted by molar-refractivity contribution is -0.137. The molecular formula is C15H21NO5. The first-order valence-corrected chi connectivity index (χ1v) is 6.76. The number of carbonyl (C=O) groups is 2. The molecule has 1 rings (SSSR count). The summed E-state index contributed by atoms with van der Waals surface area (Å²) in [4.78, 5) is 22.5. The first-order chi connectivity index (χ1) is 10.1. The lowest BCUT2D eigenvalue weighted by Gasteiger charge is -2.18. The predicted octanol–water partition coefficient (Wildman–Crippen LogP) is 1.37. The van der Waals surface area contributed by atoms with Crippen LogP contribution in [0, 0.1) is 0 Å². The van der Waals surface area contributed by atoms with Crippen LogP contribution in [0.4, 0.5) is 0 Å². The maximum Gasteiger partial charge on any atom is 0.303 e. The highest BCUT2D eigenvalue weighted by molar-refractivity contribution is 5.77.